The number of ether oxygens (including phenoxy) is 1. The van der Waals surface area contributed by atoms with Crippen molar-refractivity contribution in [3.05, 3.63) is 90.0 Å². The van der Waals surface area contributed by atoms with Crippen molar-refractivity contribution >= 4 is 5.91 Å². The third-order valence-electron chi connectivity index (χ3n) is 6.15. The van der Waals surface area contributed by atoms with Crippen molar-refractivity contribution in [2.45, 2.75) is 25.4 Å². The van der Waals surface area contributed by atoms with Crippen LogP contribution in [0.15, 0.2) is 72.9 Å². The summed E-state index contributed by atoms with van der Waals surface area (Å²) < 4.78 is 18.2. The van der Waals surface area contributed by atoms with E-state index in [-0.39, 0.29) is 30.3 Å². The Morgan fingerprint density at radius 3 is 2.52 bits per heavy atom. The number of piperidine rings is 1. The van der Waals surface area contributed by atoms with E-state index in [1.807, 2.05) is 18.2 Å². The number of rotatable bonds is 8. The molecule has 1 saturated heterocycles. The van der Waals surface area contributed by atoms with Crippen LogP contribution in [0.2, 0.25) is 0 Å². The molecule has 5 nitrogen and oxygen atoms in total. The molecule has 1 N–H and O–H groups in total. The van der Waals surface area contributed by atoms with E-state index >= 15 is 0 Å². The molecule has 0 bridgehead atoms. The van der Waals surface area contributed by atoms with Crippen molar-refractivity contribution in [3.8, 4) is 11.1 Å². The van der Waals surface area contributed by atoms with Gasteiger partial charge in [-0.15, -0.1) is 0 Å². The van der Waals surface area contributed by atoms with E-state index in [1.165, 1.54) is 24.8 Å². The summed E-state index contributed by atoms with van der Waals surface area (Å²) in [6.07, 6.45) is 3.88. The molecule has 6 heteroatoms. The van der Waals surface area contributed by atoms with Gasteiger partial charge in [0.1, 0.15) is 12.4 Å². The Morgan fingerprint density at radius 1 is 1.12 bits per heavy atom. The molecular weight excluding hydrogens is 417 g/mol. The first-order valence-electron chi connectivity index (χ1n) is 11.4. The van der Waals surface area contributed by atoms with Crippen LogP contribution in [0.1, 0.15) is 30.1 Å². The fourth-order valence-corrected chi connectivity index (χ4v) is 4.55. The van der Waals surface area contributed by atoms with Gasteiger partial charge in [0.15, 0.2) is 0 Å². The molecular formula is C27H30FN3O2. The molecule has 1 aromatic heterocycles. The maximum atomic E-state index is 13.2. The van der Waals surface area contributed by atoms with E-state index < -0.39 is 0 Å². The summed E-state index contributed by atoms with van der Waals surface area (Å²) in [6, 6.07) is 20.7. The van der Waals surface area contributed by atoms with E-state index in [2.05, 4.69) is 39.5 Å². The average molecular weight is 448 g/mol. The first-order chi connectivity index (χ1) is 16.1. The number of carbonyl (C=O) groups excluding carboxylic acids is 1. The molecule has 33 heavy (non-hydrogen) atoms. The molecule has 0 radical (unpaired) electrons. The molecule has 4 rings (SSSR count). The number of likely N-dealkylation sites (tertiary alicyclic amines) is 1. The standard InChI is InChI=1S/C27H30FN3O2/c1-33-19-26(32)30-27(25-6-2-3-15-29-25)23-5-4-16-31(18-23)17-20-7-9-21(10-8-20)22-11-13-24(28)14-12-22/h2-3,6-15,23,27H,4-5,16-19H2,1H3,(H,30,32)/t23-,27-/m1/s1. The van der Waals surface area contributed by atoms with Crippen LogP contribution in [0.25, 0.3) is 11.1 Å². The number of halogens is 1. The van der Waals surface area contributed by atoms with Crippen molar-refractivity contribution in [1.29, 1.82) is 0 Å². The summed E-state index contributed by atoms with van der Waals surface area (Å²) in [5.41, 5.74) is 4.20. The number of hydrogen-bond donors (Lipinski definition) is 1. The first kappa shape index (κ1) is 23.1. The second-order valence-electron chi connectivity index (χ2n) is 8.57. The quantitative estimate of drug-likeness (QED) is 0.548. The molecule has 0 saturated carbocycles. The summed E-state index contributed by atoms with van der Waals surface area (Å²) in [7, 11) is 1.53. The van der Waals surface area contributed by atoms with Gasteiger partial charge in [-0.2, -0.15) is 0 Å². The number of pyridine rings is 1. The SMILES string of the molecule is COCC(=O)N[C@@H](c1ccccn1)[C@@H]1CCCN(Cc2ccc(-c3ccc(F)cc3)cc2)C1. The first-order valence-corrected chi connectivity index (χ1v) is 11.4. The normalized spacial score (nSPS) is 17.5. The van der Waals surface area contributed by atoms with Crippen molar-refractivity contribution in [2.75, 3.05) is 26.8 Å². The van der Waals surface area contributed by atoms with Gasteiger partial charge in [-0.25, -0.2) is 4.39 Å². The highest BCUT2D eigenvalue weighted by atomic mass is 19.1. The minimum Gasteiger partial charge on any atom is -0.375 e. The van der Waals surface area contributed by atoms with Crippen LogP contribution in [0.5, 0.6) is 0 Å². The summed E-state index contributed by atoms with van der Waals surface area (Å²) in [6.45, 7) is 2.80. The number of aromatic nitrogens is 1. The van der Waals surface area contributed by atoms with E-state index in [1.54, 1.807) is 18.3 Å². The molecule has 0 spiro atoms. The fraction of sp³-hybridized carbons (Fsp3) is 0.333. The summed E-state index contributed by atoms with van der Waals surface area (Å²) in [4.78, 5) is 19.3. The summed E-state index contributed by atoms with van der Waals surface area (Å²) >= 11 is 0. The van der Waals surface area contributed by atoms with E-state index in [0.717, 1.165) is 49.3 Å². The number of benzene rings is 2. The minimum atomic E-state index is -0.225. The third kappa shape index (κ3) is 6.24. The molecule has 1 fully saturated rings. The van der Waals surface area contributed by atoms with Crippen LogP contribution in [0.4, 0.5) is 4.39 Å². The van der Waals surface area contributed by atoms with Crippen LogP contribution in [-0.2, 0) is 16.1 Å². The number of nitrogens with one attached hydrogen (secondary N) is 1. The Hall–Kier alpha value is -3.09. The van der Waals surface area contributed by atoms with Crippen molar-refractivity contribution < 1.29 is 13.9 Å². The lowest BCUT2D eigenvalue weighted by atomic mass is 9.88. The van der Waals surface area contributed by atoms with Crippen LogP contribution in [-0.4, -0.2) is 42.6 Å². The largest absolute Gasteiger partial charge is 0.375 e. The Labute approximate surface area is 194 Å². The van der Waals surface area contributed by atoms with Crippen LogP contribution in [0, 0.1) is 11.7 Å². The lowest BCUT2D eigenvalue weighted by molar-refractivity contribution is -0.126. The van der Waals surface area contributed by atoms with Crippen molar-refractivity contribution in [3.63, 3.8) is 0 Å². The maximum Gasteiger partial charge on any atom is 0.246 e. The van der Waals surface area contributed by atoms with Gasteiger partial charge in [0.25, 0.3) is 0 Å². The van der Waals surface area contributed by atoms with Gasteiger partial charge in [-0.1, -0.05) is 42.5 Å². The van der Waals surface area contributed by atoms with Gasteiger partial charge in [0.2, 0.25) is 5.91 Å². The lowest BCUT2D eigenvalue weighted by Gasteiger charge is -2.37. The molecule has 2 atom stereocenters. The molecule has 0 unspecified atom stereocenters. The molecule has 1 aliphatic heterocycles. The van der Waals surface area contributed by atoms with Crippen molar-refractivity contribution in [1.82, 2.24) is 15.2 Å². The average Bonchev–Trinajstić information content (AvgIpc) is 2.84. The lowest BCUT2D eigenvalue weighted by Crippen LogP contribution is -2.43. The smallest absolute Gasteiger partial charge is 0.246 e. The topological polar surface area (TPSA) is 54.5 Å². The van der Waals surface area contributed by atoms with Crippen molar-refractivity contribution in [2.24, 2.45) is 5.92 Å². The zero-order valence-electron chi connectivity index (χ0n) is 18.9. The van der Waals surface area contributed by atoms with E-state index in [0.29, 0.717) is 0 Å². The Morgan fingerprint density at radius 2 is 1.85 bits per heavy atom. The van der Waals surface area contributed by atoms with Gasteiger partial charge in [-0.3, -0.25) is 14.7 Å². The minimum absolute atomic E-state index is 0.0418. The van der Waals surface area contributed by atoms with Gasteiger partial charge in [0, 0.05) is 26.4 Å². The molecule has 172 valence electrons. The van der Waals surface area contributed by atoms with E-state index in [4.69, 9.17) is 4.74 Å². The molecule has 2 aromatic carbocycles. The predicted molar refractivity (Wildman–Crippen MR) is 127 cm³/mol. The van der Waals surface area contributed by atoms with Gasteiger partial charge >= 0.3 is 0 Å². The zero-order chi connectivity index (χ0) is 23.0. The number of amides is 1. The predicted octanol–water partition coefficient (Wildman–Crippen LogP) is 4.60. The van der Waals surface area contributed by atoms with Gasteiger partial charge in [-0.05, 0) is 66.3 Å². The second kappa shape index (κ2) is 11.2. The Balaban J connectivity index is 1.43. The zero-order valence-corrected chi connectivity index (χ0v) is 18.9. The van der Waals surface area contributed by atoms with Crippen LogP contribution >= 0.6 is 0 Å². The highest BCUT2D eigenvalue weighted by Crippen LogP contribution is 2.30. The number of carbonyl (C=O) groups is 1. The highest BCUT2D eigenvalue weighted by Gasteiger charge is 2.30. The number of methoxy groups -OCH3 is 1. The number of nitrogens with zero attached hydrogens (tertiary/aromatic N) is 2. The maximum absolute atomic E-state index is 13.2. The van der Waals surface area contributed by atoms with Gasteiger partial charge in [0.05, 0.1) is 11.7 Å². The number of hydrogen-bond acceptors (Lipinski definition) is 4. The fourth-order valence-electron chi connectivity index (χ4n) is 4.55. The molecule has 1 amide bonds. The van der Waals surface area contributed by atoms with Crippen LogP contribution in [0.3, 0.4) is 0 Å². The molecule has 3 aromatic rings. The summed E-state index contributed by atoms with van der Waals surface area (Å²) in [5.74, 6) is -0.0768. The summed E-state index contributed by atoms with van der Waals surface area (Å²) in [5, 5.41) is 3.14. The monoisotopic (exact) mass is 447 g/mol. The molecule has 2 heterocycles. The molecule has 0 aliphatic carbocycles. The third-order valence-corrected chi connectivity index (χ3v) is 6.15. The highest BCUT2D eigenvalue weighted by molar-refractivity contribution is 5.77. The van der Waals surface area contributed by atoms with Crippen LogP contribution < -0.4 is 5.32 Å². The van der Waals surface area contributed by atoms with E-state index in [9.17, 15) is 9.18 Å². The second-order valence-corrected chi connectivity index (χ2v) is 8.57. The molecule has 1 aliphatic rings. The Kier molecular flexibility index (Phi) is 7.81. The van der Waals surface area contributed by atoms with Gasteiger partial charge < -0.3 is 10.1 Å². The Bertz CT molecular complexity index is 1030.